The first-order valence-corrected chi connectivity index (χ1v) is 5.33. The fourth-order valence-electron chi connectivity index (χ4n) is 1.50. The molecule has 0 aliphatic carbocycles. The molecule has 2 N–H and O–H groups in total. The fraction of sp³-hybridized carbons (Fsp3) is 0.800. The first kappa shape index (κ1) is 12.8. The Morgan fingerprint density at radius 3 is 2.81 bits per heavy atom. The number of carbonyl (C=O) groups excluding carboxylic acids is 1. The number of ether oxygens (including phenoxy) is 1. The number of carbonyl (C=O) groups is 2. The second-order valence-electron chi connectivity index (χ2n) is 4.13. The third-order valence-corrected chi connectivity index (χ3v) is 2.57. The van der Waals surface area contributed by atoms with E-state index in [0.29, 0.717) is 13.2 Å². The highest BCUT2D eigenvalue weighted by Gasteiger charge is 2.21. The average Bonchev–Trinajstić information content (AvgIpc) is 2.69. The van der Waals surface area contributed by atoms with Crippen molar-refractivity contribution in [3.63, 3.8) is 0 Å². The van der Waals surface area contributed by atoms with Gasteiger partial charge in [-0.1, -0.05) is 6.92 Å². The van der Waals surface area contributed by atoms with Crippen molar-refractivity contribution in [2.24, 2.45) is 5.92 Å². The first-order valence-electron chi connectivity index (χ1n) is 5.33. The summed E-state index contributed by atoms with van der Waals surface area (Å²) in [5, 5.41) is 11.5. The molecule has 1 rings (SSSR count). The maximum atomic E-state index is 11.6. The van der Waals surface area contributed by atoms with Crippen LogP contribution in [0.1, 0.15) is 13.3 Å². The summed E-state index contributed by atoms with van der Waals surface area (Å²) in [5.74, 6) is -1.46. The Kier molecular flexibility index (Phi) is 4.54. The zero-order chi connectivity index (χ0) is 12.1. The summed E-state index contributed by atoms with van der Waals surface area (Å²) in [6.45, 7) is 2.98. The number of rotatable bonds is 4. The third kappa shape index (κ3) is 3.69. The van der Waals surface area contributed by atoms with Crippen molar-refractivity contribution in [3.8, 4) is 0 Å². The monoisotopic (exact) mass is 230 g/mol. The average molecular weight is 230 g/mol. The van der Waals surface area contributed by atoms with Crippen molar-refractivity contribution in [2.75, 3.05) is 26.8 Å². The Hall–Kier alpha value is -1.30. The molecule has 0 aromatic rings. The molecule has 16 heavy (non-hydrogen) atoms. The number of hydrogen-bond acceptors (Lipinski definition) is 3. The maximum absolute atomic E-state index is 11.6. The minimum Gasteiger partial charge on any atom is -0.481 e. The summed E-state index contributed by atoms with van der Waals surface area (Å²) in [7, 11) is 1.59. The zero-order valence-corrected chi connectivity index (χ0v) is 9.60. The quantitative estimate of drug-likeness (QED) is 0.720. The minimum atomic E-state index is -0.899. The van der Waals surface area contributed by atoms with E-state index in [1.54, 1.807) is 14.0 Å². The van der Waals surface area contributed by atoms with E-state index in [9.17, 15) is 9.59 Å². The largest absolute Gasteiger partial charge is 0.481 e. The van der Waals surface area contributed by atoms with E-state index in [-0.39, 0.29) is 18.6 Å². The highest BCUT2D eigenvalue weighted by Crippen LogP contribution is 2.04. The molecule has 6 nitrogen and oxygen atoms in total. The lowest BCUT2D eigenvalue weighted by atomic mass is 10.2. The van der Waals surface area contributed by atoms with Crippen LogP contribution >= 0.6 is 0 Å². The highest BCUT2D eigenvalue weighted by molar-refractivity contribution is 5.76. The van der Waals surface area contributed by atoms with Crippen molar-refractivity contribution in [2.45, 2.75) is 19.4 Å². The lowest BCUT2D eigenvalue weighted by Crippen LogP contribution is -2.45. The van der Waals surface area contributed by atoms with Crippen molar-refractivity contribution in [3.05, 3.63) is 0 Å². The standard InChI is InChI=1S/C10H18N2O4/c1-7(9(13)14)5-12(2)10(15)11-8-3-4-16-6-8/h7-8H,3-6H2,1-2H3,(H,11,15)(H,13,14). The first-order chi connectivity index (χ1) is 7.50. The van der Waals surface area contributed by atoms with E-state index in [0.717, 1.165) is 6.42 Å². The van der Waals surface area contributed by atoms with Gasteiger partial charge in [-0.15, -0.1) is 0 Å². The second kappa shape index (κ2) is 5.69. The topological polar surface area (TPSA) is 78.9 Å². The molecule has 1 fully saturated rings. The molecule has 1 saturated heterocycles. The Balaban J connectivity index is 2.32. The van der Waals surface area contributed by atoms with Crippen LogP contribution in [0.2, 0.25) is 0 Å². The zero-order valence-electron chi connectivity index (χ0n) is 9.60. The molecule has 0 spiro atoms. The highest BCUT2D eigenvalue weighted by atomic mass is 16.5. The van der Waals surface area contributed by atoms with E-state index < -0.39 is 11.9 Å². The van der Waals surface area contributed by atoms with Gasteiger partial charge in [-0.2, -0.15) is 0 Å². The van der Waals surface area contributed by atoms with Crippen LogP contribution in [0.15, 0.2) is 0 Å². The molecule has 1 aliphatic heterocycles. The van der Waals surface area contributed by atoms with Crippen LogP contribution in [0.3, 0.4) is 0 Å². The molecule has 0 aromatic heterocycles. The molecule has 0 bridgehead atoms. The van der Waals surface area contributed by atoms with Crippen LogP contribution in [0.5, 0.6) is 0 Å². The molecule has 2 amide bonds. The molecule has 92 valence electrons. The summed E-state index contributed by atoms with van der Waals surface area (Å²) in [5.41, 5.74) is 0. The Morgan fingerprint density at radius 1 is 1.62 bits per heavy atom. The summed E-state index contributed by atoms with van der Waals surface area (Å²) in [6.07, 6.45) is 0.814. The van der Waals surface area contributed by atoms with Crippen LogP contribution in [0.4, 0.5) is 4.79 Å². The van der Waals surface area contributed by atoms with E-state index in [1.807, 2.05) is 0 Å². The predicted molar refractivity (Wildman–Crippen MR) is 57.2 cm³/mol. The van der Waals surface area contributed by atoms with Crippen LogP contribution in [0.25, 0.3) is 0 Å². The number of urea groups is 1. The Morgan fingerprint density at radius 2 is 2.31 bits per heavy atom. The van der Waals surface area contributed by atoms with E-state index in [4.69, 9.17) is 9.84 Å². The number of hydrogen-bond donors (Lipinski definition) is 2. The molecule has 2 unspecified atom stereocenters. The number of amides is 2. The van der Waals surface area contributed by atoms with Gasteiger partial charge >= 0.3 is 12.0 Å². The summed E-state index contributed by atoms with van der Waals surface area (Å²) < 4.78 is 5.13. The molecular formula is C10H18N2O4. The van der Waals surface area contributed by atoms with E-state index in [2.05, 4.69) is 5.32 Å². The molecule has 6 heteroatoms. The molecule has 0 aromatic carbocycles. The lowest BCUT2D eigenvalue weighted by molar-refractivity contribution is -0.141. The molecule has 1 aliphatic rings. The molecular weight excluding hydrogens is 212 g/mol. The fourth-order valence-corrected chi connectivity index (χ4v) is 1.50. The van der Waals surface area contributed by atoms with E-state index in [1.165, 1.54) is 4.90 Å². The second-order valence-corrected chi connectivity index (χ2v) is 4.13. The lowest BCUT2D eigenvalue weighted by Gasteiger charge is -2.21. The van der Waals surface area contributed by atoms with Gasteiger partial charge < -0.3 is 20.1 Å². The van der Waals surface area contributed by atoms with Gasteiger partial charge in [0.15, 0.2) is 0 Å². The van der Waals surface area contributed by atoms with Crippen molar-refractivity contribution in [1.29, 1.82) is 0 Å². The van der Waals surface area contributed by atoms with Crippen molar-refractivity contribution >= 4 is 12.0 Å². The number of carboxylic acids is 1. The Labute approximate surface area is 94.6 Å². The number of nitrogens with zero attached hydrogens (tertiary/aromatic N) is 1. The van der Waals surface area contributed by atoms with E-state index >= 15 is 0 Å². The van der Waals surface area contributed by atoms with Gasteiger partial charge in [0.2, 0.25) is 0 Å². The SMILES string of the molecule is CC(CN(C)C(=O)NC1CCOC1)C(=O)O. The van der Waals surface area contributed by atoms with Crippen molar-refractivity contribution < 1.29 is 19.4 Å². The summed E-state index contributed by atoms with van der Waals surface area (Å²) in [6, 6.07) is -0.196. The molecule has 0 saturated carbocycles. The maximum Gasteiger partial charge on any atom is 0.317 e. The normalized spacial score (nSPS) is 21.5. The van der Waals surface area contributed by atoms with Gasteiger partial charge in [-0.25, -0.2) is 4.79 Å². The van der Waals surface area contributed by atoms with Crippen LogP contribution in [-0.4, -0.2) is 54.9 Å². The molecule has 1 heterocycles. The molecule has 2 atom stereocenters. The molecule has 0 radical (unpaired) electrons. The van der Waals surface area contributed by atoms with Gasteiger partial charge in [-0.3, -0.25) is 4.79 Å². The van der Waals surface area contributed by atoms with Gasteiger partial charge in [0.1, 0.15) is 0 Å². The summed E-state index contributed by atoms with van der Waals surface area (Å²) in [4.78, 5) is 23.6. The summed E-state index contributed by atoms with van der Waals surface area (Å²) >= 11 is 0. The van der Waals surface area contributed by atoms with Crippen LogP contribution < -0.4 is 5.32 Å². The van der Waals surface area contributed by atoms with Crippen LogP contribution in [0, 0.1) is 5.92 Å². The minimum absolute atomic E-state index is 0.0510. The number of carboxylic acid groups (broad SMARTS) is 1. The van der Waals surface area contributed by atoms with Gasteiger partial charge in [0, 0.05) is 20.2 Å². The Bertz CT molecular complexity index is 264. The van der Waals surface area contributed by atoms with Gasteiger partial charge in [-0.05, 0) is 6.42 Å². The number of nitrogens with one attached hydrogen (secondary N) is 1. The van der Waals surface area contributed by atoms with Crippen molar-refractivity contribution in [1.82, 2.24) is 10.2 Å². The van der Waals surface area contributed by atoms with Crippen LogP contribution in [-0.2, 0) is 9.53 Å². The van der Waals surface area contributed by atoms with Gasteiger partial charge in [0.25, 0.3) is 0 Å². The number of aliphatic carboxylic acids is 1. The smallest absolute Gasteiger partial charge is 0.317 e. The van der Waals surface area contributed by atoms with Gasteiger partial charge in [0.05, 0.1) is 18.6 Å². The predicted octanol–water partition coefficient (Wildman–Crippen LogP) is 0.137. The third-order valence-electron chi connectivity index (χ3n) is 2.57.